The van der Waals surface area contributed by atoms with Crippen LogP contribution in [0.2, 0.25) is 0 Å². The minimum atomic E-state index is -3.20. The lowest BCUT2D eigenvalue weighted by Crippen LogP contribution is -2.45. The number of sulfone groups is 1. The van der Waals surface area contributed by atoms with Gasteiger partial charge in [0, 0.05) is 13.1 Å². The maximum Gasteiger partial charge on any atom is 0.409 e. The highest BCUT2D eigenvalue weighted by molar-refractivity contribution is 7.91. The first kappa shape index (κ1) is 12.9. The third-order valence-electron chi connectivity index (χ3n) is 3.07. The molecule has 1 aliphatic heterocycles. The molecular formula is C12H15NO4S. The molecule has 18 heavy (non-hydrogen) atoms. The van der Waals surface area contributed by atoms with E-state index in [-0.39, 0.29) is 18.8 Å². The molecular weight excluding hydrogens is 254 g/mol. The molecule has 0 saturated carbocycles. The lowest BCUT2D eigenvalue weighted by atomic mass is 10.1. The second kappa shape index (κ2) is 4.97. The Bertz CT molecular complexity index is 526. The highest BCUT2D eigenvalue weighted by Crippen LogP contribution is 2.27. The van der Waals surface area contributed by atoms with Crippen LogP contribution in [-0.4, -0.2) is 45.4 Å². The zero-order chi connectivity index (χ0) is 13.2. The second-order valence-corrected chi connectivity index (χ2v) is 6.49. The first-order valence-electron chi connectivity index (χ1n) is 5.64. The van der Waals surface area contributed by atoms with Crippen LogP contribution in [0.4, 0.5) is 4.79 Å². The van der Waals surface area contributed by atoms with Crippen LogP contribution in [0, 0.1) is 0 Å². The fraction of sp³-hybridized carbons (Fsp3) is 0.417. The van der Waals surface area contributed by atoms with Gasteiger partial charge in [0.05, 0.1) is 12.9 Å². The molecule has 1 atom stereocenters. The van der Waals surface area contributed by atoms with Gasteiger partial charge in [0.2, 0.25) is 0 Å². The maximum atomic E-state index is 12.1. The molecule has 1 unspecified atom stereocenters. The summed E-state index contributed by atoms with van der Waals surface area (Å²) in [5.41, 5.74) is 0.714. The molecule has 1 fully saturated rings. The highest BCUT2D eigenvalue weighted by atomic mass is 32.2. The van der Waals surface area contributed by atoms with Gasteiger partial charge in [0.25, 0.3) is 0 Å². The Morgan fingerprint density at radius 1 is 1.33 bits per heavy atom. The Balaban J connectivity index is 2.28. The molecule has 6 heteroatoms. The third kappa shape index (κ3) is 2.48. The first-order chi connectivity index (χ1) is 8.54. The molecule has 2 rings (SSSR count). The van der Waals surface area contributed by atoms with E-state index < -0.39 is 21.2 Å². The normalized spacial score (nSPS) is 22.5. The van der Waals surface area contributed by atoms with Gasteiger partial charge in [-0.3, -0.25) is 0 Å². The van der Waals surface area contributed by atoms with E-state index in [0.29, 0.717) is 5.56 Å². The van der Waals surface area contributed by atoms with Crippen molar-refractivity contribution in [2.75, 3.05) is 26.0 Å². The molecule has 0 bridgehead atoms. The fourth-order valence-corrected chi connectivity index (χ4v) is 3.80. The minimum Gasteiger partial charge on any atom is -0.453 e. The summed E-state index contributed by atoms with van der Waals surface area (Å²) in [6, 6.07) is 8.95. The van der Waals surface area contributed by atoms with Crippen LogP contribution in [0.3, 0.4) is 0 Å². The predicted molar refractivity (Wildman–Crippen MR) is 66.9 cm³/mol. The van der Waals surface area contributed by atoms with Crippen molar-refractivity contribution in [1.29, 1.82) is 0 Å². The molecule has 0 N–H and O–H groups in total. The average molecular weight is 269 g/mol. The largest absolute Gasteiger partial charge is 0.453 e. The van der Waals surface area contributed by atoms with Gasteiger partial charge in [-0.1, -0.05) is 30.3 Å². The lowest BCUT2D eigenvalue weighted by Gasteiger charge is -2.31. The van der Waals surface area contributed by atoms with E-state index in [1.54, 1.807) is 24.3 Å². The van der Waals surface area contributed by atoms with Gasteiger partial charge in [-0.25, -0.2) is 13.2 Å². The molecule has 1 aliphatic rings. The van der Waals surface area contributed by atoms with Gasteiger partial charge in [0.15, 0.2) is 9.84 Å². The number of hydrogen-bond acceptors (Lipinski definition) is 4. The van der Waals surface area contributed by atoms with Crippen LogP contribution in [0.25, 0.3) is 0 Å². The average Bonchev–Trinajstić information content (AvgIpc) is 2.38. The molecule has 0 spiro atoms. The number of hydrogen-bond donors (Lipinski definition) is 0. The van der Waals surface area contributed by atoms with E-state index >= 15 is 0 Å². The van der Waals surface area contributed by atoms with E-state index in [9.17, 15) is 13.2 Å². The number of benzene rings is 1. The summed E-state index contributed by atoms with van der Waals surface area (Å²) < 4.78 is 28.8. The monoisotopic (exact) mass is 269 g/mol. The van der Waals surface area contributed by atoms with E-state index in [1.165, 1.54) is 12.0 Å². The van der Waals surface area contributed by atoms with Crippen molar-refractivity contribution in [2.45, 2.75) is 5.25 Å². The summed E-state index contributed by atoms with van der Waals surface area (Å²) in [4.78, 5) is 12.9. The van der Waals surface area contributed by atoms with Crippen molar-refractivity contribution in [1.82, 2.24) is 4.90 Å². The molecule has 1 aromatic rings. The van der Waals surface area contributed by atoms with E-state index in [2.05, 4.69) is 4.74 Å². The highest BCUT2D eigenvalue weighted by Gasteiger charge is 2.36. The van der Waals surface area contributed by atoms with Crippen molar-refractivity contribution in [2.24, 2.45) is 0 Å². The van der Waals surface area contributed by atoms with Gasteiger partial charge in [-0.15, -0.1) is 0 Å². The SMILES string of the molecule is COC(=O)N1CCS(=O)(=O)C(c2ccccc2)C1. The summed E-state index contributed by atoms with van der Waals surface area (Å²) in [5, 5.41) is -0.661. The van der Waals surface area contributed by atoms with Crippen LogP contribution in [0.5, 0.6) is 0 Å². The Hall–Kier alpha value is -1.56. The summed E-state index contributed by atoms with van der Waals surface area (Å²) in [5.74, 6) is -0.0261. The first-order valence-corrected chi connectivity index (χ1v) is 7.35. The number of rotatable bonds is 1. The standard InChI is InChI=1S/C12H15NO4S/c1-17-12(14)13-7-8-18(15,16)11(9-13)10-5-3-2-4-6-10/h2-6,11H,7-9H2,1H3. The van der Waals surface area contributed by atoms with Gasteiger partial charge in [-0.05, 0) is 5.56 Å². The number of nitrogens with zero attached hydrogens (tertiary/aromatic N) is 1. The number of ether oxygens (including phenoxy) is 1. The number of carbonyl (C=O) groups excluding carboxylic acids is 1. The summed E-state index contributed by atoms with van der Waals surface area (Å²) >= 11 is 0. The maximum absolute atomic E-state index is 12.1. The van der Waals surface area contributed by atoms with Crippen molar-refractivity contribution >= 4 is 15.9 Å². The number of carbonyl (C=O) groups is 1. The van der Waals surface area contributed by atoms with Crippen molar-refractivity contribution in [3.63, 3.8) is 0 Å². The van der Waals surface area contributed by atoms with E-state index in [4.69, 9.17) is 0 Å². The van der Waals surface area contributed by atoms with Gasteiger partial charge in [-0.2, -0.15) is 0 Å². The van der Waals surface area contributed by atoms with Gasteiger partial charge >= 0.3 is 6.09 Å². The molecule has 1 aromatic carbocycles. The summed E-state index contributed by atoms with van der Waals surface area (Å²) in [7, 11) is -1.91. The molecule has 1 amide bonds. The molecule has 1 heterocycles. The van der Waals surface area contributed by atoms with Crippen molar-refractivity contribution in [3.8, 4) is 0 Å². The summed E-state index contributed by atoms with van der Waals surface area (Å²) in [6.45, 7) is 0.345. The molecule has 5 nitrogen and oxygen atoms in total. The van der Waals surface area contributed by atoms with Gasteiger partial charge < -0.3 is 9.64 Å². The Labute approximate surface area is 106 Å². The van der Waals surface area contributed by atoms with Crippen LogP contribution in [-0.2, 0) is 14.6 Å². The Morgan fingerprint density at radius 3 is 2.61 bits per heavy atom. The summed E-state index contributed by atoms with van der Waals surface area (Å²) in [6.07, 6.45) is -0.481. The Morgan fingerprint density at radius 2 is 2.00 bits per heavy atom. The zero-order valence-electron chi connectivity index (χ0n) is 10.1. The van der Waals surface area contributed by atoms with Crippen LogP contribution in [0.15, 0.2) is 30.3 Å². The minimum absolute atomic E-state index is 0.0261. The molecule has 0 aromatic heterocycles. The van der Waals surface area contributed by atoms with E-state index in [1.807, 2.05) is 6.07 Å². The number of amides is 1. The topological polar surface area (TPSA) is 63.7 Å². The van der Waals surface area contributed by atoms with E-state index in [0.717, 1.165) is 0 Å². The van der Waals surface area contributed by atoms with Crippen molar-refractivity contribution in [3.05, 3.63) is 35.9 Å². The fourth-order valence-electron chi connectivity index (χ4n) is 2.06. The lowest BCUT2D eigenvalue weighted by molar-refractivity contribution is 0.124. The zero-order valence-corrected chi connectivity index (χ0v) is 10.9. The predicted octanol–water partition coefficient (Wildman–Crippen LogP) is 1.22. The van der Waals surface area contributed by atoms with Gasteiger partial charge in [0.1, 0.15) is 5.25 Å². The second-order valence-electron chi connectivity index (χ2n) is 4.18. The molecule has 1 saturated heterocycles. The van der Waals surface area contributed by atoms with Crippen LogP contribution in [0.1, 0.15) is 10.8 Å². The van der Waals surface area contributed by atoms with Crippen molar-refractivity contribution < 1.29 is 17.9 Å². The molecule has 98 valence electrons. The molecule has 0 radical (unpaired) electrons. The quantitative estimate of drug-likeness (QED) is 0.769. The smallest absolute Gasteiger partial charge is 0.409 e. The van der Waals surface area contributed by atoms with Crippen LogP contribution < -0.4 is 0 Å². The van der Waals surface area contributed by atoms with Crippen LogP contribution >= 0.6 is 0 Å². The molecule has 0 aliphatic carbocycles. The Kier molecular flexibility index (Phi) is 3.56. The third-order valence-corrected chi connectivity index (χ3v) is 5.11. The number of methoxy groups -OCH3 is 1.